The topological polar surface area (TPSA) is 48.9 Å². The summed E-state index contributed by atoms with van der Waals surface area (Å²) >= 11 is 3.71. The van der Waals surface area contributed by atoms with E-state index in [1.54, 1.807) is 0 Å². The number of rotatable bonds is 8. The first-order valence-corrected chi connectivity index (χ1v) is 10.6. The molecule has 1 aromatic rings. The van der Waals surface area contributed by atoms with Crippen molar-refractivity contribution in [2.24, 2.45) is 4.99 Å². The van der Waals surface area contributed by atoms with Crippen LogP contribution in [0, 0.1) is 0 Å². The molecule has 0 unspecified atom stereocenters. The Hall–Kier alpha value is -1.11. The Morgan fingerprint density at radius 1 is 1.23 bits per heavy atom. The molecule has 1 heterocycles. The van der Waals surface area contributed by atoms with Crippen molar-refractivity contribution in [1.82, 2.24) is 15.5 Å². The minimum Gasteiger partial charge on any atom is -0.379 e. The van der Waals surface area contributed by atoms with Crippen LogP contribution in [0.2, 0.25) is 0 Å². The van der Waals surface area contributed by atoms with E-state index in [-0.39, 0.29) is 5.41 Å². The predicted molar refractivity (Wildman–Crippen MR) is 111 cm³/mol. The summed E-state index contributed by atoms with van der Waals surface area (Å²) in [7, 11) is 0. The van der Waals surface area contributed by atoms with Gasteiger partial charge in [-0.25, -0.2) is 0 Å². The molecular weight excluding hydrogens is 392 g/mol. The van der Waals surface area contributed by atoms with E-state index in [1.165, 1.54) is 22.9 Å². The van der Waals surface area contributed by atoms with Crippen molar-refractivity contribution >= 4 is 21.9 Å². The van der Waals surface area contributed by atoms with Gasteiger partial charge in [-0.2, -0.15) is 0 Å². The number of nitrogens with zero attached hydrogens (tertiary/aromatic N) is 2. The van der Waals surface area contributed by atoms with Gasteiger partial charge in [0.05, 0.1) is 19.8 Å². The van der Waals surface area contributed by atoms with Crippen LogP contribution in [0.15, 0.2) is 33.7 Å². The zero-order valence-corrected chi connectivity index (χ0v) is 17.4. The average molecular weight is 423 g/mol. The SMILES string of the molecule is CCNC(=NCC1(c2ccccc2Br)CC1)NCCCN1CCOCC1. The second-order valence-corrected chi connectivity index (χ2v) is 8.04. The highest BCUT2D eigenvalue weighted by molar-refractivity contribution is 9.10. The minimum atomic E-state index is 0.218. The predicted octanol–water partition coefficient (Wildman–Crippen LogP) is 2.76. The lowest BCUT2D eigenvalue weighted by molar-refractivity contribution is 0.0376. The van der Waals surface area contributed by atoms with Crippen LogP contribution in [0.4, 0.5) is 0 Å². The highest BCUT2D eigenvalue weighted by atomic mass is 79.9. The van der Waals surface area contributed by atoms with Crippen LogP contribution < -0.4 is 10.6 Å². The van der Waals surface area contributed by atoms with E-state index in [0.29, 0.717) is 0 Å². The van der Waals surface area contributed by atoms with E-state index in [1.807, 2.05) is 0 Å². The van der Waals surface area contributed by atoms with Gasteiger partial charge in [-0.05, 0) is 44.4 Å². The number of morpholine rings is 1. The molecule has 144 valence electrons. The van der Waals surface area contributed by atoms with Crippen LogP contribution in [0.3, 0.4) is 0 Å². The smallest absolute Gasteiger partial charge is 0.191 e. The zero-order valence-electron chi connectivity index (χ0n) is 15.8. The molecule has 0 amide bonds. The maximum absolute atomic E-state index is 5.40. The number of hydrogen-bond acceptors (Lipinski definition) is 3. The maximum Gasteiger partial charge on any atom is 0.191 e. The number of hydrogen-bond donors (Lipinski definition) is 2. The van der Waals surface area contributed by atoms with Gasteiger partial charge in [0.25, 0.3) is 0 Å². The first-order chi connectivity index (χ1) is 12.7. The van der Waals surface area contributed by atoms with Crippen molar-refractivity contribution in [2.45, 2.75) is 31.6 Å². The van der Waals surface area contributed by atoms with Gasteiger partial charge in [0.2, 0.25) is 0 Å². The van der Waals surface area contributed by atoms with Crippen molar-refractivity contribution in [2.75, 3.05) is 52.5 Å². The fourth-order valence-corrected chi connectivity index (χ4v) is 4.17. The van der Waals surface area contributed by atoms with Crippen molar-refractivity contribution in [3.05, 3.63) is 34.3 Å². The van der Waals surface area contributed by atoms with Crippen LogP contribution in [0.25, 0.3) is 0 Å². The van der Waals surface area contributed by atoms with Crippen LogP contribution in [0.1, 0.15) is 31.7 Å². The molecule has 0 radical (unpaired) electrons. The summed E-state index contributed by atoms with van der Waals surface area (Å²) in [6.45, 7) is 9.77. The summed E-state index contributed by atoms with van der Waals surface area (Å²) < 4.78 is 6.61. The molecule has 0 spiro atoms. The number of nitrogens with one attached hydrogen (secondary N) is 2. The third-order valence-electron chi connectivity index (χ3n) is 5.23. The maximum atomic E-state index is 5.40. The van der Waals surface area contributed by atoms with E-state index in [2.05, 4.69) is 62.7 Å². The first kappa shape index (κ1) is 19.6. The van der Waals surface area contributed by atoms with E-state index >= 15 is 0 Å². The number of aliphatic imine (C=N–C) groups is 1. The van der Waals surface area contributed by atoms with Crippen LogP contribution in [0.5, 0.6) is 0 Å². The number of halogens is 1. The zero-order chi connectivity index (χ0) is 18.2. The highest BCUT2D eigenvalue weighted by Gasteiger charge is 2.45. The highest BCUT2D eigenvalue weighted by Crippen LogP contribution is 2.50. The van der Waals surface area contributed by atoms with Gasteiger partial charge in [-0.1, -0.05) is 34.1 Å². The molecule has 3 rings (SSSR count). The monoisotopic (exact) mass is 422 g/mol. The molecule has 2 N–H and O–H groups in total. The summed E-state index contributed by atoms with van der Waals surface area (Å²) in [5.41, 5.74) is 1.61. The fraction of sp³-hybridized carbons (Fsp3) is 0.650. The molecule has 1 aliphatic heterocycles. The molecule has 6 heteroatoms. The molecule has 1 aromatic carbocycles. The molecular formula is C20H31BrN4O. The van der Waals surface area contributed by atoms with Gasteiger partial charge in [-0.15, -0.1) is 0 Å². The summed E-state index contributed by atoms with van der Waals surface area (Å²) in [5, 5.41) is 6.88. The Bertz CT molecular complexity index is 597. The van der Waals surface area contributed by atoms with Gasteiger partial charge < -0.3 is 15.4 Å². The number of guanidine groups is 1. The summed E-state index contributed by atoms with van der Waals surface area (Å²) in [6, 6.07) is 8.56. The van der Waals surface area contributed by atoms with Gasteiger partial charge >= 0.3 is 0 Å². The molecule has 1 saturated carbocycles. The summed E-state index contributed by atoms with van der Waals surface area (Å²) in [6.07, 6.45) is 3.56. The quantitative estimate of drug-likeness (QED) is 0.384. The Kier molecular flexibility index (Phi) is 7.34. The molecule has 0 aromatic heterocycles. The van der Waals surface area contributed by atoms with E-state index in [4.69, 9.17) is 9.73 Å². The second kappa shape index (κ2) is 9.72. The Labute approximate surface area is 165 Å². The van der Waals surface area contributed by atoms with Crippen LogP contribution >= 0.6 is 15.9 Å². The molecule has 0 bridgehead atoms. The third-order valence-corrected chi connectivity index (χ3v) is 5.92. The van der Waals surface area contributed by atoms with Gasteiger partial charge in [0.1, 0.15) is 0 Å². The van der Waals surface area contributed by atoms with E-state index in [9.17, 15) is 0 Å². The van der Waals surface area contributed by atoms with Gasteiger partial charge in [0.15, 0.2) is 5.96 Å². The lowest BCUT2D eigenvalue weighted by atomic mass is 9.96. The van der Waals surface area contributed by atoms with E-state index in [0.717, 1.165) is 64.9 Å². The normalized spacial score (nSPS) is 20.0. The van der Waals surface area contributed by atoms with E-state index < -0.39 is 0 Å². The fourth-order valence-electron chi connectivity index (χ4n) is 3.46. The van der Waals surface area contributed by atoms with Crippen LogP contribution in [-0.4, -0.2) is 63.3 Å². The Morgan fingerprint density at radius 3 is 2.69 bits per heavy atom. The molecule has 2 fully saturated rings. The Balaban J connectivity index is 1.48. The summed E-state index contributed by atoms with van der Waals surface area (Å²) in [4.78, 5) is 7.36. The first-order valence-electron chi connectivity index (χ1n) is 9.81. The molecule has 2 aliphatic rings. The van der Waals surface area contributed by atoms with Crippen molar-refractivity contribution in [3.8, 4) is 0 Å². The number of benzene rings is 1. The van der Waals surface area contributed by atoms with Crippen molar-refractivity contribution in [3.63, 3.8) is 0 Å². The van der Waals surface area contributed by atoms with Gasteiger partial charge in [0, 0.05) is 36.1 Å². The standard InChI is InChI=1S/C20H31BrN4O/c1-2-22-19(23-10-5-11-25-12-14-26-15-13-25)24-16-20(8-9-20)17-6-3-4-7-18(17)21/h3-4,6-7H,2,5,8-16H2,1H3,(H2,22,23,24). The van der Waals surface area contributed by atoms with Gasteiger partial charge in [-0.3, -0.25) is 9.89 Å². The number of ether oxygens (including phenoxy) is 1. The second-order valence-electron chi connectivity index (χ2n) is 7.19. The molecule has 26 heavy (non-hydrogen) atoms. The third kappa shape index (κ3) is 5.44. The lowest BCUT2D eigenvalue weighted by Gasteiger charge is -2.26. The lowest BCUT2D eigenvalue weighted by Crippen LogP contribution is -2.41. The van der Waals surface area contributed by atoms with Crippen molar-refractivity contribution in [1.29, 1.82) is 0 Å². The minimum absolute atomic E-state index is 0.218. The molecule has 1 aliphatic carbocycles. The Morgan fingerprint density at radius 2 is 2.00 bits per heavy atom. The largest absolute Gasteiger partial charge is 0.379 e. The molecule has 1 saturated heterocycles. The molecule has 5 nitrogen and oxygen atoms in total. The molecule has 0 atom stereocenters. The average Bonchev–Trinajstić information content (AvgIpc) is 3.45. The summed E-state index contributed by atoms with van der Waals surface area (Å²) in [5.74, 6) is 0.938. The van der Waals surface area contributed by atoms with Crippen molar-refractivity contribution < 1.29 is 4.74 Å². The van der Waals surface area contributed by atoms with Crippen LogP contribution in [-0.2, 0) is 10.2 Å².